The van der Waals surface area contributed by atoms with Gasteiger partial charge in [0.05, 0.1) is 7.11 Å². The number of thiophene rings is 1. The lowest BCUT2D eigenvalue weighted by molar-refractivity contribution is -0.376. The number of piperazine rings is 1. The highest BCUT2D eigenvalue weighted by atomic mass is 32.2. The molecule has 1 aromatic heterocycles. The Morgan fingerprint density at radius 3 is 2.15 bits per heavy atom. The fourth-order valence-electron chi connectivity index (χ4n) is 4.60. The number of alkyl halides is 6. The van der Waals surface area contributed by atoms with E-state index in [-0.39, 0.29) is 36.0 Å². The fraction of sp³-hybridized carbons (Fsp3) is 0.360. The number of halogens is 6. The summed E-state index contributed by atoms with van der Waals surface area (Å²) in [5, 5.41) is 11.4. The number of sulfonamides is 1. The Bertz CT molecular complexity index is 1360. The summed E-state index contributed by atoms with van der Waals surface area (Å²) in [6, 6.07) is 12.9. The molecule has 212 valence electrons. The lowest BCUT2D eigenvalue weighted by Crippen LogP contribution is -2.55. The predicted octanol–water partition coefficient (Wildman–Crippen LogP) is 5.19. The van der Waals surface area contributed by atoms with E-state index in [4.69, 9.17) is 4.74 Å². The Labute approximate surface area is 225 Å². The molecule has 1 fully saturated rings. The number of hydrogen-bond donors (Lipinski definition) is 1. The third-order valence-electron chi connectivity index (χ3n) is 6.62. The molecule has 0 saturated carbocycles. The van der Waals surface area contributed by atoms with Crippen LogP contribution in [0, 0.1) is 0 Å². The molecule has 1 aliphatic rings. The average Bonchev–Trinajstić information content (AvgIpc) is 3.43. The average molecular weight is 595 g/mol. The Morgan fingerprint density at radius 1 is 0.949 bits per heavy atom. The van der Waals surface area contributed by atoms with Crippen molar-refractivity contribution >= 4 is 27.0 Å². The molecule has 2 heterocycles. The maximum atomic E-state index is 13.3. The van der Waals surface area contributed by atoms with E-state index in [9.17, 15) is 39.9 Å². The third-order valence-corrected chi connectivity index (χ3v) is 9.86. The molecule has 0 spiro atoms. The van der Waals surface area contributed by atoms with Crippen LogP contribution in [0.2, 0.25) is 0 Å². The Hall–Kier alpha value is -2.81. The van der Waals surface area contributed by atoms with Gasteiger partial charge in [-0.05, 0) is 41.6 Å². The number of anilines is 1. The smallest absolute Gasteiger partial charge is 0.430 e. The second kappa shape index (κ2) is 10.6. The van der Waals surface area contributed by atoms with E-state index >= 15 is 0 Å². The van der Waals surface area contributed by atoms with Gasteiger partial charge >= 0.3 is 12.4 Å². The Balaban J connectivity index is 1.69. The van der Waals surface area contributed by atoms with Crippen molar-refractivity contribution in [1.82, 2.24) is 4.31 Å². The van der Waals surface area contributed by atoms with Gasteiger partial charge < -0.3 is 14.7 Å². The minimum Gasteiger partial charge on any atom is -0.496 e. The van der Waals surface area contributed by atoms with Crippen molar-refractivity contribution < 1.29 is 44.6 Å². The number of hydrogen-bond acceptors (Lipinski definition) is 6. The van der Waals surface area contributed by atoms with Gasteiger partial charge in [-0.25, -0.2) is 8.42 Å². The van der Waals surface area contributed by atoms with Crippen LogP contribution < -0.4 is 9.64 Å². The van der Waals surface area contributed by atoms with Crippen molar-refractivity contribution in [2.24, 2.45) is 0 Å². The SMILES string of the molecule is COc1ccccc1C[C@@H]1CN(S(=O)(=O)c2cccs2)CCN1c1ccc(C(O)(C(F)(F)F)C(F)(F)F)cc1. The molecule has 1 N–H and O–H groups in total. The molecule has 0 unspecified atom stereocenters. The molecule has 3 aromatic rings. The summed E-state index contributed by atoms with van der Waals surface area (Å²) in [4.78, 5) is 1.73. The van der Waals surface area contributed by atoms with Gasteiger partial charge in [-0.2, -0.15) is 30.6 Å². The summed E-state index contributed by atoms with van der Waals surface area (Å²) < 4.78 is 113. The molecular weight excluding hydrogens is 570 g/mol. The van der Waals surface area contributed by atoms with Crippen LogP contribution in [0.5, 0.6) is 5.75 Å². The zero-order chi connectivity index (χ0) is 28.6. The maximum Gasteiger partial charge on any atom is 0.430 e. The second-order valence-corrected chi connectivity index (χ2v) is 12.0. The number of methoxy groups -OCH3 is 1. The van der Waals surface area contributed by atoms with Crippen molar-refractivity contribution in [3.05, 3.63) is 77.2 Å². The largest absolute Gasteiger partial charge is 0.496 e. The van der Waals surface area contributed by atoms with Gasteiger partial charge in [-0.3, -0.25) is 0 Å². The zero-order valence-corrected chi connectivity index (χ0v) is 22.0. The van der Waals surface area contributed by atoms with Gasteiger partial charge in [0.2, 0.25) is 0 Å². The van der Waals surface area contributed by atoms with Crippen LogP contribution in [0.4, 0.5) is 32.0 Å². The van der Waals surface area contributed by atoms with Crippen molar-refractivity contribution in [1.29, 1.82) is 0 Å². The summed E-state index contributed by atoms with van der Waals surface area (Å²) in [6.45, 7) is 0.168. The van der Waals surface area contributed by atoms with Gasteiger partial charge in [0, 0.05) is 36.9 Å². The molecule has 1 saturated heterocycles. The monoisotopic (exact) mass is 594 g/mol. The molecule has 2 aromatic carbocycles. The van der Waals surface area contributed by atoms with Gasteiger partial charge in [0.25, 0.3) is 15.6 Å². The summed E-state index contributed by atoms with van der Waals surface area (Å²) in [5.41, 5.74) is -5.39. The van der Waals surface area contributed by atoms with Crippen molar-refractivity contribution in [2.75, 3.05) is 31.6 Å². The van der Waals surface area contributed by atoms with Crippen LogP contribution in [0.15, 0.2) is 70.3 Å². The van der Waals surface area contributed by atoms with Crippen LogP contribution in [0.3, 0.4) is 0 Å². The summed E-state index contributed by atoms with van der Waals surface area (Å²) in [6.07, 6.45) is -11.7. The standard InChI is InChI=1S/C25H24F6N2O4S2/c1-37-21-6-3-2-5-17(21)15-20-16-32(39(35,36)22-7-4-14-38-22)12-13-33(20)19-10-8-18(9-11-19)23(34,24(26,27)28)25(29,30)31/h2-11,14,20,34H,12-13,15-16H2,1H3/t20-/m1/s1. The first-order valence-corrected chi connectivity index (χ1v) is 13.9. The van der Waals surface area contributed by atoms with E-state index in [1.807, 2.05) is 0 Å². The lowest BCUT2D eigenvalue weighted by Gasteiger charge is -2.42. The first-order chi connectivity index (χ1) is 18.2. The second-order valence-electron chi connectivity index (χ2n) is 8.91. The zero-order valence-electron chi connectivity index (χ0n) is 20.4. The maximum absolute atomic E-state index is 13.3. The number of ether oxygens (including phenoxy) is 1. The van der Waals surface area contributed by atoms with Crippen LogP contribution >= 0.6 is 11.3 Å². The van der Waals surface area contributed by atoms with Crippen molar-refractivity contribution in [2.45, 2.75) is 34.6 Å². The number of para-hydroxylation sites is 1. The molecule has 0 amide bonds. The van der Waals surface area contributed by atoms with Crippen LogP contribution in [0.1, 0.15) is 11.1 Å². The molecule has 6 nitrogen and oxygen atoms in total. The van der Waals surface area contributed by atoms with Crippen LogP contribution in [-0.4, -0.2) is 63.0 Å². The van der Waals surface area contributed by atoms with E-state index < -0.39 is 39.6 Å². The highest BCUT2D eigenvalue weighted by molar-refractivity contribution is 7.91. The molecule has 0 bridgehead atoms. The minimum absolute atomic E-state index is 0.00900. The van der Waals surface area contributed by atoms with Crippen LogP contribution in [-0.2, 0) is 22.0 Å². The van der Waals surface area contributed by atoms with E-state index in [1.165, 1.54) is 17.5 Å². The molecule has 1 atom stereocenters. The van der Waals surface area contributed by atoms with Crippen molar-refractivity contribution in [3.63, 3.8) is 0 Å². The molecule has 0 aliphatic carbocycles. The number of aliphatic hydroxyl groups is 1. The van der Waals surface area contributed by atoms with Gasteiger partial charge in [0.1, 0.15) is 9.96 Å². The molecular formula is C25H24F6N2O4S2. The van der Waals surface area contributed by atoms with E-state index in [0.29, 0.717) is 17.9 Å². The third kappa shape index (κ3) is 5.47. The molecule has 1 aliphatic heterocycles. The van der Waals surface area contributed by atoms with Crippen molar-refractivity contribution in [3.8, 4) is 5.75 Å². The van der Waals surface area contributed by atoms with E-state index in [2.05, 4.69) is 0 Å². The minimum atomic E-state index is -6.00. The summed E-state index contributed by atoms with van der Waals surface area (Å²) >= 11 is 1.07. The Morgan fingerprint density at radius 2 is 1.59 bits per heavy atom. The van der Waals surface area contributed by atoms with Gasteiger partial charge in [0.15, 0.2) is 0 Å². The van der Waals surface area contributed by atoms with E-state index in [1.54, 1.807) is 40.6 Å². The summed E-state index contributed by atoms with van der Waals surface area (Å²) in [5.74, 6) is 0.548. The first-order valence-electron chi connectivity index (χ1n) is 11.6. The number of benzene rings is 2. The highest BCUT2D eigenvalue weighted by Gasteiger charge is 2.71. The normalized spacial score (nSPS) is 17.8. The lowest BCUT2D eigenvalue weighted by atomic mass is 9.92. The number of rotatable bonds is 7. The quantitative estimate of drug-likeness (QED) is 0.382. The molecule has 4 rings (SSSR count). The fourth-order valence-corrected chi connectivity index (χ4v) is 7.22. The Kier molecular flexibility index (Phi) is 7.96. The van der Waals surface area contributed by atoms with E-state index in [0.717, 1.165) is 29.0 Å². The highest BCUT2D eigenvalue weighted by Crippen LogP contribution is 2.50. The first kappa shape index (κ1) is 29.2. The van der Waals surface area contributed by atoms with Crippen LogP contribution in [0.25, 0.3) is 0 Å². The summed E-state index contributed by atoms with van der Waals surface area (Å²) in [7, 11) is -2.33. The molecule has 14 heteroatoms. The molecule has 0 radical (unpaired) electrons. The van der Waals surface area contributed by atoms with Gasteiger partial charge in [-0.1, -0.05) is 36.4 Å². The van der Waals surface area contributed by atoms with Gasteiger partial charge in [-0.15, -0.1) is 11.3 Å². The number of nitrogens with zero attached hydrogens (tertiary/aromatic N) is 2. The predicted molar refractivity (Wildman–Crippen MR) is 133 cm³/mol. The topological polar surface area (TPSA) is 70.1 Å². The molecule has 39 heavy (non-hydrogen) atoms.